The number of hydrogen-bond donors (Lipinski definition) is 0. The molecule has 0 N–H and O–H groups in total. The van der Waals surface area contributed by atoms with Crippen molar-refractivity contribution in [2.75, 3.05) is 26.4 Å². The fourth-order valence-corrected chi connectivity index (χ4v) is 3.66. The van der Waals surface area contributed by atoms with Gasteiger partial charge in [0.2, 0.25) is 0 Å². The molecule has 0 fully saturated rings. The van der Waals surface area contributed by atoms with E-state index in [4.69, 9.17) is 23.7 Å². The van der Waals surface area contributed by atoms with Gasteiger partial charge in [0.25, 0.3) is 0 Å². The molecule has 0 saturated heterocycles. The third-order valence-electron chi connectivity index (χ3n) is 6.08. The Morgan fingerprint density at radius 2 is 1.23 bits per heavy atom. The van der Waals surface area contributed by atoms with E-state index in [2.05, 4.69) is 13.2 Å². The van der Waals surface area contributed by atoms with Crippen LogP contribution in [0.1, 0.15) is 34.6 Å². The molecule has 0 aliphatic rings. The van der Waals surface area contributed by atoms with Gasteiger partial charge in [-0.2, -0.15) is 0 Å². The lowest BCUT2D eigenvalue weighted by atomic mass is 9.97. The summed E-state index contributed by atoms with van der Waals surface area (Å²) in [6.45, 7) is 15.6. The maximum Gasteiger partial charge on any atom is 0.338 e. The molecular weight excluding hydrogens is 567 g/mol. The van der Waals surface area contributed by atoms with E-state index < -0.39 is 23.2 Å². The molecule has 0 saturated carbocycles. The first-order valence-electron chi connectivity index (χ1n) is 13.9. The molecule has 0 atom stereocenters. The Morgan fingerprint density at radius 3 is 1.82 bits per heavy atom. The lowest BCUT2D eigenvalue weighted by Gasteiger charge is -2.18. The van der Waals surface area contributed by atoms with Gasteiger partial charge in [0.15, 0.2) is 11.5 Å². The van der Waals surface area contributed by atoms with Crippen molar-refractivity contribution < 1.29 is 42.5 Å². The predicted octanol–water partition coefficient (Wildman–Crippen LogP) is 7.11. The van der Waals surface area contributed by atoms with Crippen LogP contribution in [0, 0.1) is 11.2 Å². The second-order valence-corrected chi connectivity index (χ2v) is 11.0. The van der Waals surface area contributed by atoms with E-state index in [1.54, 1.807) is 89.2 Å². The number of carbonyl (C=O) groups is 3. The van der Waals surface area contributed by atoms with E-state index in [1.165, 1.54) is 6.07 Å². The molecule has 0 aliphatic heterocycles. The van der Waals surface area contributed by atoms with E-state index in [0.29, 0.717) is 39.5 Å². The van der Waals surface area contributed by atoms with Crippen molar-refractivity contribution in [2.45, 2.75) is 34.6 Å². The predicted molar refractivity (Wildman–Crippen MR) is 165 cm³/mol. The molecular formula is C35H37FO8. The first kappa shape index (κ1) is 33.6. The molecule has 0 amide bonds. The van der Waals surface area contributed by atoms with Gasteiger partial charge in [-0.3, -0.25) is 4.79 Å². The van der Waals surface area contributed by atoms with Crippen LogP contribution in [0.15, 0.2) is 85.0 Å². The summed E-state index contributed by atoms with van der Waals surface area (Å²) >= 11 is 0. The van der Waals surface area contributed by atoms with Crippen LogP contribution < -0.4 is 14.2 Å². The van der Waals surface area contributed by atoms with Gasteiger partial charge < -0.3 is 23.7 Å². The normalized spacial score (nSPS) is 10.9. The molecule has 44 heavy (non-hydrogen) atoms. The number of carbonyl (C=O) groups excluding carboxylic acids is 3. The summed E-state index contributed by atoms with van der Waals surface area (Å²) in [5.74, 6) is -0.834. The molecule has 9 heteroatoms. The smallest absolute Gasteiger partial charge is 0.338 e. The van der Waals surface area contributed by atoms with Gasteiger partial charge in [-0.1, -0.05) is 43.5 Å². The van der Waals surface area contributed by atoms with Crippen LogP contribution in [0.2, 0.25) is 0 Å². The number of esters is 3. The van der Waals surface area contributed by atoms with Crippen LogP contribution >= 0.6 is 0 Å². The summed E-state index contributed by atoms with van der Waals surface area (Å²) in [6, 6.07) is 16.5. The molecule has 0 heterocycles. The van der Waals surface area contributed by atoms with Gasteiger partial charge in [0, 0.05) is 16.7 Å². The lowest BCUT2D eigenvalue weighted by Crippen LogP contribution is -2.24. The number of halogens is 1. The summed E-state index contributed by atoms with van der Waals surface area (Å²) in [7, 11) is 0. The Morgan fingerprint density at radius 1 is 0.682 bits per heavy atom. The van der Waals surface area contributed by atoms with E-state index in [9.17, 15) is 14.4 Å². The van der Waals surface area contributed by atoms with Crippen molar-refractivity contribution in [1.29, 1.82) is 0 Å². The first-order chi connectivity index (χ1) is 20.8. The highest BCUT2D eigenvalue weighted by atomic mass is 19.1. The van der Waals surface area contributed by atoms with Crippen molar-refractivity contribution in [2.24, 2.45) is 5.41 Å². The Labute approximate surface area is 257 Å². The van der Waals surface area contributed by atoms with Gasteiger partial charge >= 0.3 is 17.9 Å². The highest BCUT2D eigenvalue weighted by Gasteiger charge is 2.23. The molecule has 3 rings (SSSR count). The average molecular weight is 605 g/mol. The van der Waals surface area contributed by atoms with Gasteiger partial charge in [-0.15, -0.1) is 0 Å². The quantitative estimate of drug-likeness (QED) is 0.0882. The third kappa shape index (κ3) is 9.55. The lowest BCUT2D eigenvalue weighted by molar-refractivity contribution is -0.153. The fraction of sp³-hybridized carbons (Fsp3) is 0.286. The monoisotopic (exact) mass is 604 g/mol. The molecule has 3 aromatic rings. The molecule has 8 nitrogen and oxygen atoms in total. The summed E-state index contributed by atoms with van der Waals surface area (Å²) in [6.07, 6.45) is 0. The maximum absolute atomic E-state index is 15.3. The summed E-state index contributed by atoms with van der Waals surface area (Å²) < 4.78 is 42.6. The Bertz CT molecular complexity index is 1530. The standard InChI is InChI=1S/C35H37FO8/c1-22(2)32(37)42-18-16-41-31-21-26(11-15-30(31)40-17-19-43-34(39)35(5,6)7)25-10-14-28(29(36)20-25)24-8-12-27(13-9-24)44-33(38)23(3)4/h8-15,20-21H,1,3,16-19H2,2,4-7H3. The van der Waals surface area contributed by atoms with Crippen molar-refractivity contribution >= 4 is 17.9 Å². The van der Waals surface area contributed by atoms with Crippen molar-refractivity contribution in [3.63, 3.8) is 0 Å². The molecule has 0 spiro atoms. The Kier molecular flexibility index (Phi) is 11.4. The molecule has 0 aromatic heterocycles. The molecule has 0 unspecified atom stereocenters. The van der Waals surface area contributed by atoms with E-state index in [-0.39, 0.29) is 43.5 Å². The van der Waals surface area contributed by atoms with Crippen molar-refractivity contribution in [1.82, 2.24) is 0 Å². The highest BCUT2D eigenvalue weighted by molar-refractivity contribution is 5.89. The van der Waals surface area contributed by atoms with Crippen LogP contribution in [0.3, 0.4) is 0 Å². The van der Waals surface area contributed by atoms with Crippen molar-refractivity contribution in [3.8, 4) is 39.5 Å². The SMILES string of the molecule is C=C(C)C(=O)OCCOc1cc(-c2ccc(-c3ccc(OC(=O)C(=C)C)cc3)c(F)c2)ccc1OCCOC(=O)C(C)(C)C. The van der Waals surface area contributed by atoms with E-state index in [0.717, 1.165) is 0 Å². The first-order valence-corrected chi connectivity index (χ1v) is 13.9. The fourth-order valence-electron chi connectivity index (χ4n) is 3.66. The third-order valence-corrected chi connectivity index (χ3v) is 6.08. The highest BCUT2D eigenvalue weighted by Crippen LogP contribution is 2.35. The molecule has 0 radical (unpaired) electrons. The zero-order valence-corrected chi connectivity index (χ0v) is 25.7. The number of hydrogen-bond acceptors (Lipinski definition) is 8. The molecule has 3 aromatic carbocycles. The number of rotatable bonds is 13. The van der Waals surface area contributed by atoms with Crippen LogP contribution in [0.5, 0.6) is 17.2 Å². The largest absolute Gasteiger partial charge is 0.486 e. The van der Waals surface area contributed by atoms with Gasteiger partial charge in [0.1, 0.15) is 38.0 Å². The van der Waals surface area contributed by atoms with Gasteiger partial charge in [-0.25, -0.2) is 14.0 Å². The molecule has 0 aliphatic carbocycles. The minimum absolute atomic E-state index is 0.0208. The zero-order chi connectivity index (χ0) is 32.4. The van der Waals surface area contributed by atoms with E-state index in [1.807, 2.05) is 0 Å². The number of benzene rings is 3. The van der Waals surface area contributed by atoms with Crippen LogP contribution in [0.25, 0.3) is 22.3 Å². The van der Waals surface area contributed by atoms with Gasteiger partial charge in [0.05, 0.1) is 5.41 Å². The van der Waals surface area contributed by atoms with E-state index >= 15 is 4.39 Å². The summed E-state index contributed by atoms with van der Waals surface area (Å²) in [5.41, 5.74) is 2.12. The maximum atomic E-state index is 15.3. The topological polar surface area (TPSA) is 97.4 Å². The second-order valence-electron chi connectivity index (χ2n) is 11.0. The van der Waals surface area contributed by atoms with Crippen molar-refractivity contribution in [3.05, 3.63) is 90.8 Å². The molecule has 232 valence electrons. The van der Waals surface area contributed by atoms with Crippen LogP contribution in [-0.2, 0) is 23.9 Å². The summed E-state index contributed by atoms with van der Waals surface area (Å²) in [4.78, 5) is 35.5. The minimum atomic E-state index is -0.634. The zero-order valence-electron chi connectivity index (χ0n) is 25.7. The number of ether oxygens (including phenoxy) is 5. The minimum Gasteiger partial charge on any atom is -0.486 e. The Balaban J connectivity index is 1.78. The average Bonchev–Trinajstić information content (AvgIpc) is 2.97. The second kappa shape index (κ2) is 15.0. The van der Waals surface area contributed by atoms with Crippen LogP contribution in [0.4, 0.5) is 4.39 Å². The summed E-state index contributed by atoms with van der Waals surface area (Å²) in [5, 5.41) is 0. The van der Waals surface area contributed by atoms with Gasteiger partial charge in [-0.05, 0) is 81.6 Å². The molecule has 0 bridgehead atoms. The Hall–Kier alpha value is -4.92. The van der Waals surface area contributed by atoms with Crippen LogP contribution in [-0.4, -0.2) is 44.3 Å².